The Hall–Kier alpha value is -1.40. The Morgan fingerprint density at radius 2 is 2.30 bits per heavy atom. The number of hydrogen-bond donors (Lipinski definition) is 2. The molecule has 6 heteroatoms. The lowest BCUT2D eigenvalue weighted by Crippen LogP contribution is -2.47. The average Bonchev–Trinajstić information content (AvgIpc) is 2.77. The van der Waals surface area contributed by atoms with Crippen molar-refractivity contribution >= 4 is 23.2 Å². The molecule has 1 atom stereocenters. The molecule has 1 unspecified atom stereocenters. The number of nitrogens with zero attached hydrogens (tertiary/aromatic N) is 1. The van der Waals surface area contributed by atoms with Gasteiger partial charge in [0.15, 0.2) is 0 Å². The van der Waals surface area contributed by atoms with Crippen molar-refractivity contribution in [3.63, 3.8) is 0 Å². The lowest BCUT2D eigenvalue weighted by atomic mass is 10.2. The summed E-state index contributed by atoms with van der Waals surface area (Å²) in [4.78, 5) is 26.9. The van der Waals surface area contributed by atoms with Crippen LogP contribution in [0.25, 0.3) is 0 Å². The summed E-state index contributed by atoms with van der Waals surface area (Å²) in [6.07, 6.45) is 1.65. The molecule has 5 nitrogen and oxygen atoms in total. The highest BCUT2D eigenvalue weighted by Crippen LogP contribution is 2.10. The van der Waals surface area contributed by atoms with Crippen LogP contribution in [0.4, 0.5) is 0 Å². The van der Waals surface area contributed by atoms with Crippen LogP contribution >= 0.6 is 11.3 Å². The van der Waals surface area contributed by atoms with Crippen LogP contribution in [0.1, 0.15) is 18.2 Å². The fraction of sp³-hybridized carbons (Fsp3) is 0.571. The van der Waals surface area contributed by atoms with E-state index in [-0.39, 0.29) is 6.04 Å². The molecule has 1 saturated heterocycles. The molecule has 1 fully saturated rings. The minimum absolute atomic E-state index is 0.0322. The van der Waals surface area contributed by atoms with Gasteiger partial charge in [-0.25, -0.2) is 0 Å². The Morgan fingerprint density at radius 1 is 1.45 bits per heavy atom. The van der Waals surface area contributed by atoms with Crippen LogP contribution in [-0.4, -0.2) is 48.9 Å². The first-order valence-electron chi connectivity index (χ1n) is 6.99. The van der Waals surface area contributed by atoms with Crippen LogP contribution in [0.2, 0.25) is 0 Å². The van der Waals surface area contributed by atoms with E-state index in [2.05, 4.69) is 10.6 Å². The summed E-state index contributed by atoms with van der Waals surface area (Å²) in [7, 11) is 0. The maximum Gasteiger partial charge on any atom is 0.311 e. The molecule has 1 aromatic heterocycles. The zero-order valence-electron chi connectivity index (χ0n) is 11.7. The lowest BCUT2D eigenvalue weighted by Gasteiger charge is -2.20. The molecule has 1 aromatic rings. The molecule has 0 saturated carbocycles. The molecule has 110 valence electrons. The molecule has 0 bridgehead atoms. The highest BCUT2D eigenvalue weighted by atomic mass is 32.1. The minimum Gasteiger partial charge on any atom is -0.345 e. The predicted octanol–water partition coefficient (Wildman–Crippen LogP) is 0.617. The van der Waals surface area contributed by atoms with E-state index in [0.29, 0.717) is 13.1 Å². The largest absolute Gasteiger partial charge is 0.345 e. The molecular formula is C14H21N3O2S. The van der Waals surface area contributed by atoms with Gasteiger partial charge in [0.25, 0.3) is 0 Å². The van der Waals surface area contributed by atoms with Gasteiger partial charge in [-0.3, -0.25) is 9.59 Å². The third-order valence-electron chi connectivity index (χ3n) is 3.29. The summed E-state index contributed by atoms with van der Waals surface area (Å²) in [6, 6.07) is 4.00. The van der Waals surface area contributed by atoms with Crippen LogP contribution in [0.5, 0.6) is 0 Å². The van der Waals surface area contributed by atoms with Crippen LogP contribution < -0.4 is 10.6 Å². The normalized spacial score (nSPS) is 17.4. The van der Waals surface area contributed by atoms with Gasteiger partial charge >= 0.3 is 11.8 Å². The lowest BCUT2D eigenvalue weighted by molar-refractivity contribution is -0.146. The molecule has 0 aromatic carbocycles. The first kappa shape index (κ1) is 15.0. The van der Waals surface area contributed by atoms with E-state index >= 15 is 0 Å². The van der Waals surface area contributed by atoms with E-state index in [4.69, 9.17) is 0 Å². The maximum absolute atomic E-state index is 12.1. The third kappa shape index (κ3) is 4.31. The smallest absolute Gasteiger partial charge is 0.311 e. The molecule has 1 aliphatic heterocycles. The summed E-state index contributed by atoms with van der Waals surface area (Å²) < 4.78 is 0. The van der Waals surface area contributed by atoms with Crippen molar-refractivity contribution < 1.29 is 9.59 Å². The molecule has 0 radical (unpaired) electrons. The molecule has 2 N–H and O–H groups in total. The molecule has 2 amide bonds. The Bertz CT molecular complexity index is 439. The van der Waals surface area contributed by atoms with Crippen molar-refractivity contribution in [2.75, 3.05) is 26.2 Å². The number of rotatable bonds is 3. The quantitative estimate of drug-likeness (QED) is 0.804. The number of amides is 2. The predicted molar refractivity (Wildman–Crippen MR) is 79.7 cm³/mol. The molecule has 0 spiro atoms. The summed E-state index contributed by atoms with van der Waals surface area (Å²) in [5, 5.41) is 8.02. The van der Waals surface area contributed by atoms with Gasteiger partial charge < -0.3 is 15.5 Å². The maximum atomic E-state index is 12.1. The van der Waals surface area contributed by atoms with Gasteiger partial charge in [0, 0.05) is 37.0 Å². The Balaban J connectivity index is 1.82. The number of hydrogen-bond acceptors (Lipinski definition) is 4. The molecule has 2 rings (SSSR count). The first-order chi connectivity index (χ1) is 9.66. The number of nitrogens with one attached hydrogen (secondary N) is 2. The van der Waals surface area contributed by atoms with Crippen LogP contribution in [0, 0.1) is 0 Å². The van der Waals surface area contributed by atoms with Gasteiger partial charge in [-0.2, -0.15) is 0 Å². The van der Waals surface area contributed by atoms with E-state index in [1.807, 2.05) is 24.4 Å². The van der Waals surface area contributed by atoms with Gasteiger partial charge in [0.1, 0.15) is 0 Å². The van der Waals surface area contributed by atoms with E-state index in [0.717, 1.165) is 25.9 Å². The second-order valence-corrected chi connectivity index (χ2v) is 6.09. The highest BCUT2D eigenvalue weighted by molar-refractivity contribution is 7.09. The first-order valence-corrected chi connectivity index (χ1v) is 7.87. The van der Waals surface area contributed by atoms with Crippen molar-refractivity contribution in [2.45, 2.75) is 25.8 Å². The van der Waals surface area contributed by atoms with Gasteiger partial charge in [-0.15, -0.1) is 11.3 Å². The standard InChI is InChI=1S/C14H21N3O2S/c1-11(10-12-4-2-9-20-12)16-13(18)14(19)17-7-3-5-15-6-8-17/h2,4,9,11,15H,3,5-8,10H2,1H3,(H,16,18). The van der Waals surface area contributed by atoms with Crippen molar-refractivity contribution in [3.8, 4) is 0 Å². The Labute approximate surface area is 123 Å². The van der Waals surface area contributed by atoms with Crippen molar-refractivity contribution in [1.82, 2.24) is 15.5 Å². The fourth-order valence-corrected chi connectivity index (χ4v) is 3.09. The van der Waals surface area contributed by atoms with Crippen LogP contribution in [0.15, 0.2) is 17.5 Å². The van der Waals surface area contributed by atoms with Gasteiger partial charge in [-0.05, 0) is 31.3 Å². The molecule has 2 heterocycles. The van der Waals surface area contributed by atoms with Gasteiger partial charge in [0.2, 0.25) is 0 Å². The van der Waals surface area contributed by atoms with Gasteiger partial charge in [-0.1, -0.05) is 6.07 Å². The number of carbonyl (C=O) groups is 2. The monoisotopic (exact) mass is 295 g/mol. The SMILES string of the molecule is CC(Cc1cccs1)NC(=O)C(=O)N1CCCNCC1. The summed E-state index contributed by atoms with van der Waals surface area (Å²) in [5.74, 6) is -0.900. The van der Waals surface area contributed by atoms with Gasteiger partial charge in [0.05, 0.1) is 0 Å². The topological polar surface area (TPSA) is 61.4 Å². The molecule has 0 aliphatic carbocycles. The van der Waals surface area contributed by atoms with Crippen molar-refractivity contribution in [1.29, 1.82) is 0 Å². The molecular weight excluding hydrogens is 274 g/mol. The Morgan fingerprint density at radius 3 is 3.05 bits per heavy atom. The summed E-state index contributed by atoms with van der Waals surface area (Å²) in [5.41, 5.74) is 0. The fourth-order valence-electron chi connectivity index (χ4n) is 2.26. The minimum atomic E-state index is -0.490. The van der Waals surface area contributed by atoms with Crippen LogP contribution in [-0.2, 0) is 16.0 Å². The summed E-state index contributed by atoms with van der Waals surface area (Å²) in [6.45, 7) is 4.84. The number of carbonyl (C=O) groups excluding carboxylic acids is 2. The van der Waals surface area contributed by atoms with E-state index in [9.17, 15) is 9.59 Å². The molecule has 20 heavy (non-hydrogen) atoms. The zero-order chi connectivity index (χ0) is 14.4. The van der Waals surface area contributed by atoms with Crippen molar-refractivity contribution in [3.05, 3.63) is 22.4 Å². The van der Waals surface area contributed by atoms with E-state index in [1.54, 1.807) is 16.2 Å². The van der Waals surface area contributed by atoms with Crippen molar-refractivity contribution in [2.24, 2.45) is 0 Å². The Kier molecular flexibility index (Phi) is 5.55. The number of thiophene rings is 1. The zero-order valence-corrected chi connectivity index (χ0v) is 12.5. The summed E-state index contributed by atoms with van der Waals surface area (Å²) >= 11 is 1.66. The second kappa shape index (κ2) is 7.40. The third-order valence-corrected chi connectivity index (χ3v) is 4.19. The van der Waals surface area contributed by atoms with E-state index in [1.165, 1.54) is 4.88 Å². The van der Waals surface area contributed by atoms with E-state index < -0.39 is 11.8 Å². The second-order valence-electron chi connectivity index (χ2n) is 5.05. The average molecular weight is 295 g/mol. The van der Waals surface area contributed by atoms with Crippen LogP contribution in [0.3, 0.4) is 0 Å². The molecule has 1 aliphatic rings. The highest BCUT2D eigenvalue weighted by Gasteiger charge is 2.23.